The lowest BCUT2D eigenvalue weighted by atomic mass is 10.0. The molecule has 1 atom stereocenters. The molecule has 1 aromatic rings. The van der Waals surface area contributed by atoms with Crippen molar-refractivity contribution in [3.05, 3.63) is 17.7 Å². The highest BCUT2D eigenvalue weighted by molar-refractivity contribution is 5.11. The van der Waals surface area contributed by atoms with Crippen LogP contribution in [0.5, 0.6) is 0 Å². The van der Waals surface area contributed by atoms with Crippen molar-refractivity contribution in [2.24, 2.45) is 0 Å². The van der Waals surface area contributed by atoms with Gasteiger partial charge in [0, 0.05) is 5.69 Å². The average Bonchev–Trinajstić information content (AvgIpc) is 2.87. The molecule has 0 aromatic carbocycles. The van der Waals surface area contributed by atoms with Gasteiger partial charge in [-0.05, 0) is 13.3 Å². The number of aliphatic hydroxyl groups is 1. The standard InChI is InChI=1S/C17H32N2O/c1-3-4-5-6-7-8-9-10-11-12-13-16(20)17-15(2)18-14-19-17/h14,16,20H,3-13H2,1-2H3,(H,18,19). The maximum absolute atomic E-state index is 10.0. The van der Waals surface area contributed by atoms with Crippen molar-refractivity contribution >= 4 is 0 Å². The molecule has 0 aliphatic carbocycles. The zero-order chi connectivity index (χ0) is 14.6. The third kappa shape index (κ3) is 7.09. The van der Waals surface area contributed by atoms with Crippen LogP contribution in [0.4, 0.5) is 0 Å². The lowest BCUT2D eigenvalue weighted by Gasteiger charge is -2.08. The van der Waals surface area contributed by atoms with E-state index in [0.717, 1.165) is 24.2 Å². The Labute approximate surface area is 124 Å². The second-order valence-electron chi connectivity index (χ2n) is 5.90. The van der Waals surface area contributed by atoms with E-state index in [1.54, 1.807) is 6.33 Å². The number of rotatable bonds is 12. The summed E-state index contributed by atoms with van der Waals surface area (Å²) in [5.41, 5.74) is 1.81. The van der Waals surface area contributed by atoms with Crippen LogP contribution < -0.4 is 0 Å². The molecule has 0 radical (unpaired) electrons. The third-order valence-electron chi connectivity index (χ3n) is 4.02. The van der Waals surface area contributed by atoms with Crippen molar-refractivity contribution in [1.82, 2.24) is 9.97 Å². The van der Waals surface area contributed by atoms with Crippen molar-refractivity contribution in [1.29, 1.82) is 0 Å². The summed E-state index contributed by atoms with van der Waals surface area (Å²) in [7, 11) is 0. The Balaban J connectivity index is 1.91. The van der Waals surface area contributed by atoms with Crippen LogP contribution in [0.25, 0.3) is 0 Å². The molecule has 1 unspecified atom stereocenters. The van der Waals surface area contributed by atoms with Crippen LogP contribution in [0.15, 0.2) is 6.33 Å². The molecular formula is C17H32N2O. The van der Waals surface area contributed by atoms with Gasteiger partial charge >= 0.3 is 0 Å². The van der Waals surface area contributed by atoms with E-state index in [1.807, 2.05) is 6.92 Å². The Morgan fingerprint density at radius 3 is 2.05 bits per heavy atom. The first-order valence-corrected chi connectivity index (χ1v) is 8.43. The summed E-state index contributed by atoms with van der Waals surface area (Å²) in [5, 5.41) is 10.0. The molecule has 0 fully saturated rings. The SMILES string of the molecule is CCCCCCCCCCCCC(O)c1nc[nH]c1C. The average molecular weight is 280 g/mol. The minimum Gasteiger partial charge on any atom is -0.387 e. The molecule has 116 valence electrons. The monoisotopic (exact) mass is 280 g/mol. The second kappa shape index (κ2) is 10.9. The van der Waals surface area contributed by atoms with Gasteiger partial charge in [0.1, 0.15) is 0 Å². The zero-order valence-electron chi connectivity index (χ0n) is 13.3. The maximum atomic E-state index is 10.0. The van der Waals surface area contributed by atoms with Crippen molar-refractivity contribution in [2.75, 3.05) is 0 Å². The summed E-state index contributed by atoms with van der Waals surface area (Å²) in [5.74, 6) is 0. The number of imidazole rings is 1. The third-order valence-corrected chi connectivity index (χ3v) is 4.02. The van der Waals surface area contributed by atoms with Crippen molar-refractivity contribution in [3.8, 4) is 0 Å². The molecule has 0 saturated heterocycles. The number of H-pyrrole nitrogens is 1. The lowest BCUT2D eigenvalue weighted by Crippen LogP contribution is -2.00. The normalized spacial score (nSPS) is 12.8. The van der Waals surface area contributed by atoms with Gasteiger partial charge in [0.15, 0.2) is 0 Å². The number of nitrogens with zero attached hydrogens (tertiary/aromatic N) is 1. The van der Waals surface area contributed by atoms with Gasteiger partial charge in [-0.2, -0.15) is 0 Å². The minimum atomic E-state index is -0.393. The maximum Gasteiger partial charge on any atom is 0.0978 e. The van der Waals surface area contributed by atoms with Crippen LogP contribution in [0.1, 0.15) is 95.0 Å². The number of aromatic amines is 1. The van der Waals surface area contributed by atoms with Gasteiger partial charge in [-0.1, -0.05) is 71.1 Å². The summed E-state index contributed by atoms with van der Waals surface area (Å²) < 4.78 is 0. The molecule has 0 spiro atoms. The first kappa shape index (κ1) is 17.2. The van der Waals surface area contributed by atoms with Crippen LogP contribution in [-0.4, -0.2) is 15.1 Å². The van der Waals surface area contributed by atoms with E-state index < -0.39 is 6.10 Å². The fourth-order valence-electron chi connectivity index (χ4n) is 2.67. The van der Waals surface area contributed by atoms with E-state index in [0.29, 0.717) is 0 Å². The molecule has 3 heteroatoms. The summed E-state index contributed by atoms with van der Waals surface area (Å²) in [6, 6.07) is 0. The van der Waals surface area contributed by atoms with Crippen LogP contribution in [0.2, 0.25) is 0 Å². The molecule has 1 heterocycles. The van der Waals surface area contributed by atoms with Gasteiger partial charge in [0.05, 0.1) is 18.1 Å². The van der Waals surface area contributed by atoms with Gasteiger partial charge in [0.2, 0.25) is 0 Å². The Morgan fingerprint density at radius 1 is 1.00 bits per heavy atom. The minimum absolute atomic E-state index is 0.393. The fraction of sp³-hybridized carbons (Fsp3) is 0.824. The lowest BCUT2D eigenvalue weighted by molar-refractivity contribution is 0.158. The number of hydrogen-bond donors (Lipinski definition) is 2. The molecule has 2 N–H and O–H groups in total. The smallest absolute Gasteiger partial charge is 0.0978 e. The van der Waals surface area contributed by atoms with Gasteiger partial charge in [0.25, 0.3) is 0 Å². The van der Waals surface area contributed by atoms with E-state index in [2.05, 4.69) is 16.9 Å². The zero-order valence-corrected chi connectivity index (χ0v) is 13.3. The second-order valence-corrected chi connectivity index (χ2v) is 5.90. The molecule has 1 rings (SSSR count). The molecule has 0 aliphatic heterocycles. The molecule has 0 amide bonds. The largest absolute Gasteiger partial charge is 0.387 e. The summed E-state index contributed by atoms with van der Waals surface area (Å²) in [6.07, 6.45) is 15.4. The number of aromatic nitrogens is 2. The van der Waals surface area contributed by atoms with Crippen LogP contribution in [-0.2, 0) is 0 Å². The molecular weight excluding hydrogens is 248 g/mol. The Hall–Kier alpha value is -0.830. The summed E-state index contributed by atoms with van der Waals surface area (Å²) in [4.78, 5) is 7.19. The first-order valence-electron chi connectivity index (χ1n) is 8.43. The number of aryl methyl sites for hydroxylation is 1. The highest BCUT2D eigenvalue weighted by atomic mass is 16.3. The Morgan fingerprint density at radius 2 is 1.55 bits per heavy atom. The molecule has 20 heavy (non-hydrogen) atoms. The topological polar surface area (TPSA) is 48.9 Å². The molecule has 0 saturated carbocycles. The molecule has 0 bridgehead atoms. The number of nitrogens with one attached hydrogen (secondary N) is 1. The summed E-state index contributed by atoms with van der Waals surface area (Å²) >= 11 is 0. The van der Waals surface area contributed by atoms with Crippen molar-refractivity contribution in [2.45, 2.75) is 90.6 Å². The number of aliphatic hydroxyl groups excluding tert-OH is 1. The van der Waals surface area contributed by atoms with Gasteiger partial charge in [-0.3, -0.25) is 0 Å². The molecule has 0 aliphatic rings. The van der Waals surface area contributed by atoms with E-state index in [-0.39, 0.29) is 0 Å². The highest BCUT2D eigenvalue weighted by Crippen LogP contribution is 2.20. The van der Waals surface area contributed by atoms with Crippen LogP contribution in [0, 0.1) is 6.92 Å². The molecule has 3 nitrogen and oxygen atoms in total. The van der Waals surface area contributed by atoms with E-state index in [1.165, 1.54) is 57.8 Å². The van der Waals surface area contributed by atoms with Crippen LogP contribution >= 0.6 is 0 Å². The predicted octanol–water partition coefficient (Wildman–Crippen LogP) is 5.06. The van der Waals surface area contributed by atoms with Crippen molar-refractivity contribution in [3.63, 3.8) is 0 Å². The van der Waals surface area contributed by atoms with E-state index in [4.69, 9.17) is 0 Å². The molecule has 1 aromatic heterocycles. The Bertz CT molecular complexity index is 335. The van der Waals surface area contributed by atoms with Crippen LogP contribution in [0.3, 0.4) is 0 Å². The van der Waals surface area contributed by atoms with Gasteiger partial charge < -0.3 is 10.1 Å². The number of unbranched alkanes of at least 4 members (excludes halogenated alkanes) is 9. The van der Waals surface area contributed by atoms with Gasteiger partial charge in [-0.25, -0.2) is 4.98 Å². The fourth-order valence-corrected chi connectivity index (χ4v) is 2.67. The first-order chi connectivity index (χ1) is 9.75. The quantitative estimate of drug-likeness (QED) is 0.526. The number of hydrogen-bond acceptors (Lipinski definition) is 2. The van der Waals surface area contributed by atoms with Crippen molar-refractivity contribution < 1.29 is 5.11 Å². The van der Waals surface area contributed by atoms with E-state index in [9.17, 15) is 5.11 Å². The predicted molar refractivity (Wildman–Crippen MR) is 84.7 cm³/mol. The van der Waals surface area contributed by atoms with E-state index >= 15 is 0 Å². The van der Waals surface area contributed by atoms with Gasteiger partial charge in [-0.15, -0.1) is 0 Å². The summed E-state index contributed by atoms with van der Waals surface area (Å²) in [6.45, 7) is 4.23. The highest BCUT2D eigenvalue weighted by Gasteiger charge is 2.11. The Kier molecular flexibility index (Phi) is 9.38.